The number of halogens is 1. The van der Waals surface area contributed by atoms with Crippen molar-refractivity contribution in [3.05, 3.63) is 29.3 Å². The Kier molecular flexibility index (Phi) is 4.47. The lowest BCUT2D eigenvalue weighted by Gasteiger charge is -2.12. The number of hydrogen-bond acceptors (Lipinski definition) is 4. The minimum absolute atomic E-state index is 0.124. The van der Waals surface area contributed by atoms with Gasteiger partial charge in [0.05, 0.1) is 11.5 Å². The molecule has 0 aliphatic rings. The first-order chi connectivity index (χ1) is 7.86. The van der Waals surface area contributed by atoms with Crippen LogP contribution in [0.2, 0.25) is 5.02 Å². The number of carboxylic acids is 1. The zero-order valence-corrected chi connectivity index (χ0v) is 10.1. The predicted octanol–water partition coefficient (Wildman–Crippen LogP) is 0.0638. The van der Waals surface area contributed by atoms with E-state index >= 15 is 0 Å². The molecule has 0 aliphatic carbocycles. The Morgan fingerprint density at radius 1 is 1.35 bits per heavy atom. The van der Waals surface area contributed by atoms with E-state index in [4.69, 9.17) is 21.8 Å². The van der Waals surface area contributed by atoms with Gasteiger partial charge < -0.3 is 10.2 Å². The van der Waals surface area contributed by atoms with Gasteiger partial charge in [0.1, 0.15) is 6.04 Å². The second kappa shape index (κ2) is 5.46. The third kappa shape index (κ3) is 3.67. The van der Waals surface area contributed by atoms with Crippen LogP contribution in [0.1, 0.15) is 0 Å². The van der Waals surface area contributed by atoms with E-state index in [9.17, 15) is 13.2 Å². The Hall–Kier alpha value is -1.15. The van der Waals surface area contributed by atoms with Crippen molar-refractivity contribution in [1.29, 1.82) is 0 Å². The largest absolute Gasteiger partial charge is 0.480 e. The average molecular weight is 280 g/mol. The molecule has 0 heterocycles. The molecule has 0 spiro atoms. The monoisotopic (exact) mass is 279 g/mol. The van der Waals surface area contributed by atoms with Gasteiger partial charge in [-0.1, -0.05) is 11.6 Å². The molecule has 1 atom stereocenters. The molecule has 1 aromatic rings. The van der Waals surface area contributed by atoms with Crippen molar-refractivity contribution >= 4 is 27.6 Å². The number of aliphatic hydroxyl groups is 1. The molecule has 8 heteroatoms. The minimum Gasteiger partial charge on any atom is -0.480 e. The van der Waals surface area contributed by atoms with Gasteiger partial charge >= 0.3 is 5.97 Å². The van der Waals surface area contributed by atoms with Gasteiger partial charge in [-0.05, 0) is 24.3 Å². The Balaban J connectivity index is 2.96. The van der Waals surface area contributed by atoms with Crippen LogP contribution >= 0.6 is 11.6 Å². The first-order valence-electron chi connectivity index (χ1n) is 4.48. The van der Waals surface area contributed by atoms with Gasteiger partial charge in [-0.2, -0.15) is 4.72 Å². The van der Waals surface area contributed by atoms with Gasteiger partial charge in [0.25, 0.3) is 0 Å². The van der Waals surface area contributed by atoms with Crippen molar-refractivity contribution in [2.24, 2.45) is 0 Å². The molecule has 1 rings (SSSR count). The molecule has 0 radical (unpaired) electrons. The van der Waals surface area contributed by atoms with Gasteiger partial charge in [0.2, 0.25) is 10.0 Å². The third-order valence-electron chi connectivity index (χ3n) is 1.90. The Morgan fingerprint density at radius 3 is 2.29 bits per heavy atom. The average Bonchev–Trinajstić information content (AvgIpc) is 2.26. The zero-order valence-electron chi connectivity index (χ0n) is 8.50. The van der Waals surface area contributed by atoms with Crippen LogP contribution in [0, 0.1) is 0 Å². The van der Waals surface area contributed by atoms with Crippen LogP contribution in [-0.4, -0.2) is 37.2 Å². The third-order valence-corrected chi connectivity index (χ3v) is 3.64. The lowest BCUT2D eigenvalue weighted by molar-refractivity contribution is -0.139. The summed E-state index contributed by atoms with van der Waals surface area (Å²) in [5, 5.41) is 17.7. The molecule has 0 fully saturated rings. The number of hydrogen-bond donors (Lipinski definition) is 3. The summed E-state index contributed by atoms with van der Waals surface area (Å²) < 4.78 is 25.2. The van der Waals surface area contributed by atoms with Crippen molar-refractivity contribution in [3.63, 3.8) is 0 Å². The zero-order chi connectivity index (χ0) is 13.1. The van der Waals surface area contributed by atoms with Crippen molar-refractivity contribution in [1.82, 2.24) is 4.72 Å². The van der Waals surface area contributed by atoms with E-state index < -0.39 is 28.6 Å². The second-order valence-electron chi connectivity index (χ2n) is 3.15. The highest BCUT2D eigenvalue weighted by Crippen LogP contribution is 2.14. The molecule has 94 valence electrons. The Labute approximate surface area is 103 Å². The van der Waals surface area contributed by atoms with Gasteiger partial charge in [-0.25, -0.2) is 8.42 Å². The molecule has 6 nitrogen and oxygen atoms in total. The van der Waals surface area contributed by atoms with Gasteiger partial charge in [-0.15, -0.1) is 0 Å². The molecular formula is C9H10ClNO5S. The molecule has 0 aliphatic heterocycles. The lowest BCUT2D eigenvalue weighted by Crippen LogP contribution is -2.43. The topological polar surface area (TPSA) is 104 Å². The van der Waals surface area contributed by atoms with Crippen LogP contribution in [0.4, 0.5) is 0 Å². The Morgan fingerprint density at radius 2 is 1.88 bits per heavy atom. The van der Waals surface area contributed by atoms with Gasteiger partial charge in [0, 0.05) is 5.02 Å². The molecule has 0 bridgehead atoms. The maximum Gasteiger partial charge on any atom is 0.324 e. The standard InChI is InChI=1S/C9H10ClNO5S/c10-6-1-3-7(4-2-6)17(15,16)11-8(5-12)9(13)14/h1-4,8,11-12H,5H2,(H,13,14)/t8-/m0/s1. The van der Waals surface area contributed by atoms with Crippen LogP contribution < -0.4 is 4.72 Å². The number of carboxylic acid groups (broad SMARTS) is 1. The van der Waals surface area contributed by atoms with E-state index in [1.165, 1.54) is 24.3 Å². The fourth-order valence-corrected chi connectivity index (χ4v) is 2.34. The molecule has 0 saturated carbocycles. The molecule has 3 N–H and O–H groups in total. The molecule has 1 aromatic carbocycles. The van der Waals surface area contributed by atoms with Crippen molar-refractivity contribution in [2.75, 3.05) is 6.61 Å². The number of aliphatic hydroxyl groups excluding tert-OH is 1. The number of carbonyl (C=O) groups is 1. The normalized spacial score (nSPS) is 13.3. The number of aliphatic carboxylic acids is 1. The van der Waals surface area contributed by atoms with E-state index in [1.54, 1.807) is 0 Å². The summed E-state index contributed by atoms with van der Waals surface area (Å²) in [6, 6.07) is 3.63. The summed E-state index contributed by atoms with van der Waals surface area (Å²) in [4.78, 5) is 10.5. The van der Waals surface area contributed by atoms with Gasteiger partial charge in [0.15, 0.2) is 0 Å². The smallest absolute Gasteiger partial charge is 0.324 e. The first-order valence-corrected chi connectivity index (χ1v) is 6.34. The van der Waals surface area contributed by atoms with E-state index in [0.717, 1.165) is 0 Å². The molecule has 0 unspecified atom stereocenters. The summed E-state index contributed by atoms with van der Waals surface area (Å²) in [6.45, 7) is -0.831. The maximum atomic E-state index is 11.7. The summed E-state index contributed by atoms with van der Waals surface area (Å²) in [5.41, 5.74) is 0. The van der Waals surface area contributed by atoms with Crippen molar-refractivity contribution < 1.29 is 23.4 Å². The molecular weight excluding hydrogens is 270 g/mol. The fraction of sp³-hybridized carbons (Fsp3) is 0.222. The summed E-state index contributed by atoms with van der Waals surface area (Å²) in [6.07, 6.45) is 0. The number of nitrogens with one attached hydrogen (secondary N) is 1. The molecule has 0 aromatic heterocycles. The van der Waals surface area contributed by atoms with E-state index in [2.05, 4.69) is 0 Å². The van der Waals surface area contributed by atoms with Crippen LogP contribution in [0.3, 0.4) is 0 Å². The molecule has 0 amide bonds. The SMILES string of the molecule is O=C(O)[C@H](CO)NS(=O)(=O)c1ccc(Cl)cc1. The highest BCUT2D eigenvalue weighted by Gasteiger charge is 2.24. The van der Waals surface area contributed by atoms with Crippen LogP contribution in [0.25, 0.3) is 0 Å². The number of rotatable bonds is 5. The number of sulfonamides is 1. The fourth-order valence-electron chi connectivity index (χ4n) is 1.03. The van der Waals surface area contributed by atoms with Crippen LogP contribution in [0.5, 0.6) is 0 Å². The minimum atomic E-state index is -3.98. The Bertz CT molecular complexity index is 499. The number of benzene rings is 1. The summed E-state index contributed by atoms with van der Waals surface area (Å²) in [5.74, 6) is -1.45. The van der Waals surface area contributed by atoms with Crippen molar-refractivity contribution in [2.45, 2.75) is 10.9 Å². The summed E-state index contributed by atoms with van der Waals surface area (Å²) in [7, 11) is -3.98. The highest BCUT2D eigenvalue weighted by molar-refractivity contribution is 7.89. The van der Waals surface area contributed by atoms with Crippen molar-refractivity contribution in [3.8, 4) is 0 Å². The maximum absolute atomic E-state index is 11.7. The van der Waals surface area contributed by atoms with E-state index in [0.29, 0.717) is 5.02 Å². The predicted molar refractivity (Wildman–Crippen MR) is 60.3 cm³/mol. The van der Waals surface area contributed by atoms with Gasteiger partial charge in [-0.3, -0.25) is 4.79 Å². The van der Waals surface area contributed by atoms with E-state index in [1.807, 2.05) is 4.72 Å². The molecule has 0 saturated heterocycles. The first kappa shape index (κ1) is 13.9. The van der Waals surface area contributed by atoms with Crippen LogP contribution in [0.15, 0.2) is 29.2 Å². The highest BCUT2D eigenvalue weighted by atomic mass is 35.5. The second-order valence-corrected chi connectivity index (χ2v) is 5.30. The van der Waals surface area contributed by atoms with E-state index in [-0.39, 0.29) is 4.90 Å². The van der Waals surface area contributed by atoms with Crippen LogP contribution in [-0.2, 0) is 14.8 Å². The lowest BCUT2D eigenvalue weighted by atomic mass is 10.3. The summed E-state index contributed by atoms with van der Waals surface area (Å²) >= 11 is 5.60. The molecule has 17 heavy (non-hydrogen) atoms. The quantitative estimate of drug-likeness (QED) is 0.707.